The first-order valence-electron chi connectivity index (χ1n) is 26.2. The molecule has 2 fully saturated rings. The van der Waals surface area contributed by atoms with Gasteiger partial charge in [0.25, 0.3) is 0 Å². The predicted octanol–water partition coefficient (Wildman–Crippen LogP) is 2.66. The number of benzene rings is 3. The van der Waals surface area contributed by atoms with Crippen molar-refractivity contribution in [3.63, 3.8) is 0 Å². The van der Waals surface area contributed by atoms with Crippen LogP contribution in [0.5, 0.6) is 11.5 Å². The third kappa shape index (κ3) is 12.3. The van der Waals surface area contributed by atoms with Crippen LogP contribution in [0.3, 0.4) is 0 Å². The number of carboxylic acid groups (broad SMARTS) is 1. The first-order valence-corrected chi connectivity index (χ1v) is 26.2. The molecule has 424 valence electrons. The summed E-state index contributed by atoms with van der Waals surface area (Å²) in [6.45, 7) is 1.42. The number of nitrogens with two attached hydrogens (primary N) is 1. The average molecular weight is 1100 g/mol. The zero-order valence-corrected chi connectivity index (χ0v) is 43.7. The van der Waals surface area contributed by atoms with E-state index in [9.17, 15) is 60.0 Å². The number of aldehydes is 1. The number of hydrogen-bond donors (Lipinski definition) is 12. The summed E-state index contributed by atoms with van der Waals surface area (Å²) in [7, 11) is 0. The number of phenols is 1. The Morgan fingerprint density at radius 2 is 1.72 bits per heavy atom. The molecule has 4 heterocycles. The quantitative estimate of drug-likeness (QED) is 0.00788. The van der Waals surface area contributed by atoms with E-state index in [1.807, 2.05) is 32.0 Å². The van der Waals surface area contributed by atoms with Gasteiger partial charge in [0.1, 0.15) is 35.3 Å². The number of guanidine groups is 1. The van der Waals surface area contributed by atoms with Crippen LogP contribution in [-0.2, 0) is 23.9 Å². The number of H-pyrrole nitrogens is 1. The summed E-state index contributed by atoms with van der Waals surface area (Å²) in [5.41, 5.74) is 3.66. The van der Waals surface area contributed by atoms with Crippen LogP contribution in [0.25, 0.3) is 44.3 Å². The second kappa shape index (κ2) is 25.2. The van der Waals surface area contributed by atoms with Gasteiger partial charge in [-0.25, -0.2) is 14.6 Å². The molecular weight excluding hydrogens is 1030 g/mol. The highest BCUT2D eigenvalue weighted by Gasteiger charge is 2.72. The van der Waals surface area contributed by atoms with Crippen LogP contribution in [0, 0.1) is 19.8 Å². The SMILES string of the molecule is Cc1cc(C)cc(-c2c3[nH]ccc3cn2OC2C(Oc3ccc4c(=O)c(-c5ccc(O)cc5)coc4c3)OC(C(NC(N)=NC3CCCCC3CCCO)OC(=O)C(NCCC=O)C(=O)O)C(O)(CO)C2(O)C(O)CCCO)c1. The van der Waals surface area contributed by atoms with E-state index in [2.05, 4.69) is 15.6 Å². The number of nitrogens with one attached hydrogen (secondary N) is 3. The number of carbonyl (C=O) groups excluding carboxylic acids is 2. The maximum Gasteiger partial charge on any atom is 0.336 e. The summed E-state index contributed by atoms with van der Waals surface area (Å²) in [6, 6.07) is 14.9. The molecule has 10 atom stereocenters. The number of rotatable bonds is 24. The summed E-state index contributed by atoms with van der Waals surface area (Å²) in [6.07, 6.45) is -2.80. The van der Waals surface area contributed by atoms with Gasteiger partial charge < -0.3 is 85.1 Å². The molecule has 0 bridgehead atoms. The van der Waals surface area contributed by atoms with E-state index < -0.39 is 97.1 Å². The number of aliphatic hydroxyl groups is 6. The van der Waals surface area contributed by atoms with Crippen LogP contribution in [0.15, 0.2) is 99.6 Å². The number of fused-ring (bicyclic) bond motifs is 2. The Balaban J connectivity index is 1.31. The number of aromatic amines is 1. The van der Waals surface area contributed by atoms with Gasteiger partial charge in [-0.2, -0.15) is 4.73 Å². The lowest BCUT2D eigenvalue weighted by Gasteiger charge is -2.57. The second-order valence-corrected chi connectivity index (χ2v) is 20.2. The zero-order valence-electron chi connectivity index (χ0n) is 43.7. The lowest BCUT2D eigenvalue weighted by molar-refractivity contribution is -0.387. The normalized spacial score (nSPS) is 23.7. The number of ether oxygens (including phenoxy) is 3. The number of nitrogens with zero attached hydrogens (tertiary/aromatic N) is 2. The summed E-state index contributed by atoms with van der Waals surface area (Å²) in [5, 5.41) is 96.9. The molecule has 0 radical (unpaired) electrons. The summed E-state index contributed by atoms with van der Waals surface area (Å²) in [4.78, 5) is 66.8. The van der Waals surface area contributed by atoms with Crippen molar-refractivity contribution in [1.82, 2.24) is 20.3 Å². The number of phenolic OH excluding ortho intramolecular Hbond substituents is 1. The molecule has 2 aliphatic rings. The molecule has 1 aliphatic carbocycles. The molecule has 1 saturated heterocycles. The van der Waals surface area contributed by atoms with Gasteiger partial charge in [-0.15, -0.1) is 0 Å². The highest BCUT2D eigenvalue weighted by Crippen LogP contribution is 2.45. The average Bonchev–Trinajstić information content (AvgIpc) is 3.33. The van der Waals surface area contributed by atoms with Gasteiger partial charge in [-0.3, -0.25) is 10.1 Å². The van der Waals surface area contributed by atoms with E-state index in [0.717, 1.165) is 30.4 Å². The number of aryl methyl sites for hydroxylation is 2. The molecular formula is C56H68N6O17. The van der Waals surface area contributed by atoms with Crippen LogP contribution in [-0.4, -0.2) is 155 Å². The van der Waals surface area contributed by atoms with Crippen LogP contribution in [0.4, 0.5) is 0 Å². The van der Waals surface area contributed by atoms with Crippen molar-refractivity contribution >= 4 is 46.1 Å². The van der Waals surface area contributed by atoms with Crippen molar-refractivity contribution in [2.45, 2.75) is 126 Å². The number of aromatic nitrogens is 2. The Morgan fingerprint density at radius 1 is 0.987 bits per heavy atom. The van der Waals surface area contributed by atoms with Crippen LogP contribution in [0.1, 0.15) is 68.9 Å². The van der Waals surface area contributed by atoms with Crippen LogP contribution >= 0.6 is 0 Å². The summed E-state index contributed by atoms with van der Waals surface area (Å²) < 4.78 is 26.4. The van der Waals surface area contributed by atoms with Gasteiger partial charge >= 0.3 is 11.9 Å². The molecule has 23 heteroatoms. The Morgan fingerprint density at radius 3 is 2.42 bits per heavy atom. The number of carbonyl (C=O) groups is 3. The molecule has 0 amide bonds. The first-order chi connectivity index (χ1) is 37.9. The standard InChI is InChI=1S/C56H68N6O17/c1-31-24-32(2)26-36(25-31)46-44-35(18-20-59-44)28-62(46)79-49-53(76-38-16-17-39-42(27-38)75-29-40(47(39)69)33-12-14-37(67)15-13-33)77-48(55(73,30-66)56(49,74)43(68)11-6-22-64)50(78-52(72)45(51(70)71)58-19-7-23-65)61-54(57)60-41-10-4-3-8-34(41)9-5-21-63/h12-18,20,23-29,34,41,43,45,48-50,53,58-59,63-64,66-68,73-74H,3-11,19,21-22,30H2,1-2H3,(H,70,71)(H3,57,60,61). The van der Waals surface area contributed by atoms with Crippen LogP contribution < -0.4 is 31.4 Å². The van der Waals surface area contributed by atoms with E-state index in [-0.39, 0.29) is 59.9 Å². The molecule has 3 aromatic carbocycles. The predicted molar refractivity (Wildman–Crippen MR) is 287 cm³/mol. The number of esters is 1. The fourth-order valence-corrected chi connectivity index (χ4v) is 10.8. The molecule has 0 spiro atoms. The molecule has 1 aliphatic heterocycles. The van der Waals surface area contributed by atoms with Crippen molar-refractivity contribution in [3.8, 4) is 33.9 Å². The monoisotopic (exact) mass is 1100 g/mol. The minimum atomic E-state index is -3.25. The first kappa shape index (κ1) is 57.8. The maximum absolute atomic E-state index is 14.2. The van der Waals surface area contributed by atoms with Gasteiger partial charge in [0, 0.05) is 49.4 Å². The minimum absolute atomic E-state index is 0.00369. The van der Waals surface area contributed by atoms with Crippen molar-refractivity contribution in [2.75, 3.05) is 26.4 Å². The van der Waals surface area contributed by atoms with E-state index in [1.54, 1.807) is 30.6 Å². The van der Waals surface area contributed by atoms with Gasteiger partial charge in [-0.1, -0.05) is 42.2 Å². The summed E-state index contributed by atoms with van der Waals surface area (Å²) >= 11 is 0. The topological polar surface area (TPSA) is 363 Å². The number of aliphatic hydroxyl groups excluding tert-OH is 4. The Hall–Kier alpha value is -7.35. The lowest BCUT2D eigenvalue weighted by atomic mass is 9.68. The Labute approximate surface area is 453 Å². The van der Waals surface area contributed by atoms with E-state index in [1.165, 1.54) is 41.3 Å². The van der Waals surface area contributed by atoms with Crippen molar-refractivity contribution < 1.29 is 78.7 Å². The molecule has 3 aromatic heterocycles. The molecule has 10 unspecified atom stereocenters. The highest BCUT2D eigenvalue weighted by molar-refractivity contribution is 5.98. The second-order valence-electron chi connectivity index (χ2n) is 20.2. The fourth-order valence-electron chi connectivity index (χ4n) is 10.8. The minimum Gasteiger partial charge on any atom is -0.508 e. The summed E-state index contributed by atoms with van der Waals surface area (Å²) in [5.74, 6) is -3.86. The number of carboxylic acids is 1. The van der Waals surface area contributed by atoms with Crippen molar-refractivity contribution in [3.05, 3.63) is 107 Å². The largest absolute Gasteiger partial charge is 0.508 e. The number of aliphatic carboxylic acids is 1. The van der Waals surface area contributed by atoms with Gasteiger partial charge in [0.05, 0.1) is 41.4 Å². The Bertz CT molecular complexity index is 3160. The molecule has 1 saturated carbocycles. The number of aliphatic imine (C=N–C) groups is 1. The third-order valence-corrected chi connectivity index (χ3v) is 14.7. The van der Waals surface area contributed by atoms with Gasteiger partial charge in [0.2, 0.25) is 24.7 Å². The molecule has 79 heavy (non-hydrogen) atoms. The fraction of sp³-hybridized carbons (Fsp3) is 0.446. The van der Waals surface area contributed by atoms with Gasteiger partial charge in [0.15, 0.2) is 28.7 Å². The lowest BCUT2D eigenvalue weighted by Crippen LogP contribution is -2.83. The van der Waals surface area contributed by atoms with Crippen molar-refractivity contribution in [1.29, 1.82) is 0 Å². The molecule has 6 aromatic rings. The van der Waals surface area contributed by atoms with E-state index in [4.69, 9.17) is 34.2 Å². The Kier molecular flexibility index (Phi) is 18.4. The van der Waals surface area contributed by atoms with E-state index in [0.29, 0.717) is 53.3 Å². The highest BCUT2D eigenvalue weighted by atomic mass is 16.8. The maximum atomic E-state index is 14.2. The van der Waals surface area contributed by atoms with E-state index >= 15 is 0 Å². The zero-order chi connectivity index (χ0) is 56.6. The number of hydrogen-bond acceptors (Lipinski definition) is 18. The molecule has 13 N–H and O–H groups in total. The molecule has 8 rings (SSSR count). The van der Waals surface area contributed by atoms with Crippen molar-refractivity contribution in [2.24, 2.45) is 16.6 Å². The third-order valence-electron chi connectivity index (χ3n) is 14.7. The van der Waals surface area contributed by atoms with Gasteiger partial charge in [-0.05, 0) is 106 Å². The number of aromatic hydroxyl groups is 1. The molecule has 23 nitrogen and oxygen atoms in total. The van der Waals surface area contributed by atoms with Crippen LogP contribution in [0.2, 0.25) is 0 Å². The smallest absolute Gasteiger partial charge is 0.336 e.